The molecule has 2 aromatic carbocycles. The van der Waals surface area contributed by atoms with E-state index in [2.05, 4.69) is 0 Å². The van der Waals surface area contributed by atoms with Crippen LogP contribution in [0.4, 0.5) is 0 Å². The Kier molecular flexibility index (Phi) is 2.14. The van der Waals surface area contributed by atoms with Gasteiger partial charge in [-0.2, -0.15) is 0 Å². The van der Waals surface area contributed by atoms with Gasteiger partial charge in [-0.3, -0.25) is 5.41 Å². The van der Waals surface area contributed by atoms with Crippen molar-refractivity contribution in [2.75, 3.05) is 0 Å². The van der Waals surface area contributed by atoms with E-state index in [1.807, 2.05) is 30.3 Å². The van der Waals surface area contributed by atoms with Crippen molar-refractivity contribution < 1.29 is 0 Å². The minimum absolute atomic E-state index is 0.0758. The van der Waals surface area contributed by atoms with Gasteiger partial charge in [-0.25, -0.2) is 0 Å². The van der Waals surface area contributed by atoms with Crippen molar-refractivity contribution in [1.82, 2.24) is 0 Å². The minimum atomic E-state index is 0.0758. The number of benzene rings is 2. The van der Waals surface area contributed by atoms with Crippen molar-refractivity contribution in [3.05, 3.63) is 47.0 Å². The van der Waals surface area contributed by atoms with E-state index in [1.165, 1.54) is 0 Å². The summed E-state index contributed by atoms with van der Waals surface area (Å²) in [5.41, 5.74) is 6.12. The Morgan fingerprint density at radius 2 is 2.00 bits per heavy atom. The molecule has 0 saturated carbocycles. The van der Waals surface area contributed by atoms with Gasteiger partial charge in [0.05, 0.1) is 0 Å². The van der Waals surface area contributed by atoms with Gasteiger partial charge in [-0.05, 0) is 17.5 Å². The van der Waals surface area contributed by atoms with Crippen LogP contribution in [-0.4, -0.2) is 5.84 Å². The molecule has 3 heteroatoms. The SMILES string of the molecule is N=C(N)c1ccc2c(Cl)cccc2c1. The maximum Gasteiger partial charge on any atom is 0.122 e. The summed E-state index contributed by atoms with van der Waals surface area (Å²) in [4.78, 5) is 0. The van der Waals surface area contributed by atoms with Crippen LogP contribution in [0.1, 0.15) is 5.56 Å². The van der Waals surface area contributed by atoms with Crippen LogP contribution in [0.2, 0.25) is 5.02 Å². The van der Waals surface area contributed by atoms with E-state index in [4.69, 9.17) is 22.7 Å². The lowest BCUT2D eigenvalue weighted by atomic mass is 10.1. The summed E-state index contributed by atoms with van der Waals surface area (Å²) < 4.78 is 0. The summed E-state index contributed by atoms with van der Waals surface area (Å²) >= 11 is 6.00. The highest BCUT2D eigenvalue weighted by Crippen LogP contribution is 2.23. The van der Waals surface area contributed by atoms with Crippen LogP contribution < -0.4 is 5.73 Å². The number of halogens is 1. The third-order valence-electron chi connectivity index (χ3n) is 2.14. The summed E-state index contributed by atoms with van der Waals surface area (Å²) in [6, 6.07) is 11.2. The monoisotopic (exact) mass is 204 g/mol. The molecule has 0 aromatic heterocycles. The van der Waals surface area contributed by atoms with Crippen LogP contribution in [0.3, 0.4) is 0 Å². The number of nitrogen functional groups attached to an aromatic ring is 1. The van der Waals surface area contributed by atoms with E-state index < -0.39 is 0 Å². The van der Waals surface area contributed by atoms with E-state index in [9.17, 15) is 0 Å². The van der Waals surface area contributed by atoms with Crippen molar-refractivity contribution >= 4 is 28.2 Å². The molecule has 0 radical (unpaired) electrons. The molecule has 0 aliphatic heterocycles. The summed E-state index contributed by atoms with van der Waals surface area (Å²) in [5, 5.41) is 10.0. The minimum Gasteiger partial charge on any atom is -0.384 e. The quantitative estimate of drug-likeness (QED) is 0.545. The molecule has 0 aliphatic rings. The van der Waals surface area contributed by atoms with E-state index in [-0.39, 0.29) is 5.84 Å². The van der Waals surface area contributed by atoms with Gasteiger partial charge in [0.25, 0.3) is 0 Å². The molecule has 0 bridgehead atoms. The predicted molar refractivity (Wildman–Crippen MR) is 60.0 cm³/mol. The molecule has 2 rings (SSSR count). The fourth-order valence-corrected chi connectivity index (χ4v) is 1.66. The van der Waals surface area contributed by atoms with Gasteiger partial charge in [0, 0.05) is 16.0 Å². The van der Waals surface area contributed by atoms with Gasteiger partial charge < -0.3 is 5.73 Å². The van der Waals surface area contributed by atoms with Crippen LogP contribution in [-0.2, 0) is 0 Å². The second-order valence-corrected chi connectivity index (χ2v) is 3.50. The smallest absolute Gasteiger partial charge is 0.122 e. The molecule has 2 aromatic rings. The molecule has 0 fully saturated rings. The van der Waals surface area contributed by atoms with Crippen LogP contribution in [0, 0.1) is 5.41 Å². The summed E-state index contributed by atoms with van der Waals surface area (Å²) in [7, 11) is 0. The van der Waals surface area contributed by atoms with E-state index in [0.29, 0.717) is 0 Å². The predicted octanol–water partition coefficient (Wildman–Crippen LogP) is 2.78. The highest BCUT2D eigenvalue weighted by Gasteiger charge is 2.01. The van der Waals surface area contributed by atoms with Crippen LogP contribution in [0.5, 0.6) is 0 Å². The number of nitrogens with one attached hydrogen (secondary N) is 1. The van der Waals surface area contributed by atoms with Gasteiger partial charge in [0.2, 0.25) is 0 Å². The Bertz CT molecular complexity index is 506. The third kappa shape index (κ3) is 1.44. The Morgan fingerprint density at radius 1 is 1.21 bits per heavy atom. The molecule has 0 atom stereocenters. The van der Waals surface area contributed by atoms with Crippen molar-refractivity contribution in [3.63, 3.8) is 0 Å². The first-order valence-corrected chi connectivity index (χ1v) is 4.59. The Morgan fingerprint density at radius 3 is 2.71 bits per heavy atom. The van der Waals surface area contributed by atoms with Crippen molar-refractivity contribution in [1.29, 1.82) is 5.41 Å². The maximum atomic E-state index is 7.31. The Balaban J connectivity index is 2.73. The summed E-state index contributed by atoms with van der Waals surface area (Å²) in [6.45, 7) is 0. The first-order chi connectivity index (χ1) is 6.68. The highest BCUT2D eigenvalue weighted by atomic mass is 35.5. The zero-order valence-corrected chi connectivity index (χ0v) is 8.18. The first kappa shape index (κ1) is 9.03. The van der Waals surface area contributed by atoms with Crippen LogP contribution in [0.25, 0.3) is 10.8 Å². The Labute approximate surface area is 86.8 Å². The number of hydrogen-bond donors (Lipinski definition) is 2. The van der Waals surface area contributed by atoms with Crippen LogP contribution in [0.15, 0.2) is 36.4 Å². The molecule has 3 N–H and O–H groups in total. The average Bonchev–Trinajstić information content (AvgIpc) is 2.17. The van der Waals surface area contributed by atoms with Gasteiger partial charge >= 0.3 is 0 Å². The second kappa shape index (κ2) is 3.31. The van der Waals surface area contributed by atoms with Crippen molar-refractivity contribution in [2.24, 2.45) is 5.73 Å². The lowest BCUT2D eigenvalue weighted by Gasteiger charge is -2.02. The largest absolute Gasteiger partial charge is 0.384 e. The standard InChI is InChI=1S/C11H9ClN2/c12-10-3-1-2-7-6-8(11(13)14)4-5-9(7)10/h1-6H,(H3,13,14). The maximum absolute atomic E-state index is 7.31. The highest BCUT2D eigenvalue weighted by molar-refractivity contribution is 6.35. The fraction of sp³-hybridized carbons (Fsp3) is 0. The van der Waals surface area contributed by atoms with Crippen molar-refractivity contribution in [2.45, 2.75) is 0 Å². The van der Waals surface area contributed by atoms with Gasteiger partial charge in [0.1, 0.15) is 5.84 Å². The zero-order valence-electron chi connectivity index (χ0n) is 7.42. The molecule has 0 unspecified atom stereocenters. The normalized spacial score (nSPS) is 10.4. The molecular formula is C11H9ClN2. The van der Waals surface area contributed by atoms with E-state index in [1.54, 1.807) is 6.07 Å². The zero-order chi connectivity index (χ0) is 10.1. The molecule has 0 amide bonds. The fourth-order valence-electron chi connectivity index (χ4n) is 1.41. The average molecular weight is 205 g/mol. The molecular weight excluding hydrogens is 196 g/mol. The van der Waals surface area contributed by atoms with Gasteiger partial charge in [-0.15, -0.1) is 0 Å². The summed E-state index contributed by atoms with van der Waals surface area (Å²) in [5.74, 6) is 0.0758. The molecule has 0 saturated heterocycles. The van der Waals surface area contributed by atoms with Gasteiger partial charge in [0.15, 0.2) is 0 Å². The van der Waals surface area contributed by atoms with E-state index in [0.717, 1.165) is 21.4 Å². The number of nitrogens with two attached hydrogens (primary N) is 1. The summed E-state index contributed by atoms with van der Waals surface area (Å²) in [6.07, 6.45) is 0. The topological polar surface area (TPSA) is 49.9 Å². The number of amidine groups is 1. The lowest BCUT2D eigenvalue weighted by Crippen LogP contribution is -2.10. The molecule has 0 heterocycles. The Hall–Kier alpha value is -1.54. The molecule has 70 valence electrons. The third-order valence-corrected chi connectivity index (χ3v) is 2.47. The number of fused-ring (bicyclic) bond motifs is 1. The lowest BCUT2D eigenvalue weighted by molar-refractivity contribution is 1.43. The second-order valence-electron chi connectivity index (χ2n) is 3.09. The molecule has 0 spiro atoms. The first-order valence-electron chi connectivity index (χ1n) is 4.21. The van der Waals surface area contributed by atoms with Gasteiger partial charge in [-0.1, -0.05) is 35.9 Å². The van der Waals surface area contributed by atoms with Crippen LogP contribution >= 0.6 is 11.6 Å². The molecule has 2 nitrogen and oxygen atoms in total. The molecule has 14 heavy (non-hydrogen) atoms. The number of rotatable bonds is 1. The van der Waals surface area contributed by atoms with E-state index >= 15 is 0 Å². The molecule has 0 aliphatic carbocycles. The number of hydrogen-bond acceptors (Lipinski definition) is 1. The van der Waals surface area contributed by atoms with Crippen molar-refractivity contribution in [3.8, 4) is 0 Å².